The number of nitrogens with zero attached hydrogens (tertiary/aromatic N) is 1. The summed E-state index contributed by atoms with van der Waals surface area (Å²) in [7, 11) is 0. The van der Waals surface area contributed by atoms with Crippen LogP contribution in [-0.4, -0.2) is 32.6 Å². The van der Waals surface area contributed by atoms with Crippen molar-refractivity contribution < 1.29 is 5.11 Å². The van der Waals surface area contributed by atoms with Crippen LogP contribution in [0.5, 0.6) is 0 Å². The molecule has 1 saturated heterocycles. The third-order valence-corrected chi connectivity index (χ3v) is 6.08. The van der Waals surface area contributed by atoms with Crippen LogP contribution in [0.1, 0.15) is 11.7 Å². The van der Waals surface area contributed by atoms with Crippen LogP contribution in [-0.2, 0) is 0 Å². The molecule has 2 atom stereocenters. The van der Waals surface area contributed by atoms with Crippen molar-refractivity contribution >= 4 is 34.3 Å². The lowest BCUT2D eigenvalue weighted by Crippen LogP contribution is -2.22. The Labute approximate surface area is 115 Å². The Morgan fingerprint density at radius 1 is 1.28 bits per heavy atom. The number of thioether (sulfide) groups is 2. The van der Waals surface area contributed by atoms with E-state index in [1.165, 1.54) is 5.75 Å². The second-order valence-corrected chi connectivity index (χ2v) is 6.87. The molecule has 0 bridgehead atoms. The first kappa shape index (κ1) is 12.3. The van der Waals surface area contributed by atoms with Gasteiger partial charge >= 0.3 is 0 Å². The molecule has 1 aliphatic rings. The van der Waals surface area contributed by atoms with Crippen molar-refractivity contribution in [3.05, 3.63) is 42.2 Å². The van der Waals surface area contributed by atoms with Gasteiger partial charge in [0.05, 0.1) is 6.10 Å². The Morgan fingerprint density at radius 3 is 3.06 bits per heavy atom. The normalized spacial score (nSPS) is 21.9. The van der Waals surface area contributed by atoms with E-state index in [4.69, 9.17) is 0 Å². The first-order chi connectivity index (χ1) is 8.86. The molecule has 1 N–H and O–H groups in total. The van der Waals surface area contributed by atoms with Crippen LogP contribution in [0.3, 0.4) is 0 Å². The standard InChI is InChI=1S/C14H15NOS2/c16-14(13-9-17-6-7-18-13)11-3-1-2-10-4-5-15-8-12(10)11/h1-5,8,13-14,16H,6-7,9H2. The summed E-state index contributed by atoms with van der Waals surface area (Å²) in [5.41, 5.74) is 1.01. The van der Waals surface area contributed by atoms with Crippen molar-refractivity contribution in [1.29, 1.82) is 0 Å². The third-order valence-electron chi connectivity index (χ3n) is 3.23. The summed E-state index contributed by atoms with van der Waals surface area (Å²) in [6.07, 6.45) is 3.26. The summed E-state index contributed by atoms with van der Waals surface area (Å²) in [5, 5.41) is 13.1. The van der Waals surface area contributed by atoms with E-state index in [0.717, 1.165) is 27.8 Å². The largest absolute Gasteiger partial charge is 0.387 e. The molecule has 2 aromatic rings. The maximum atomic E-state index is 10.6. The molecule has 0 spiro atoms. The average Bonchev–Trinajstić information content (AvgIpc) is 2.47. The summed E-state index contributed by atoms with van der Waals surface area (Å²) in [4.78, 5) is 4.18. The van der Waals surface area contributed by atoms with E-state index >= 15 is 0 Å². The molecule has 2 unspecified atom stereocenters. The molecule has 2 nitrogen and oxygen atoms in total. The van der Waals surface area contributed by atoms with Crippen LogP contribution in [0.15, 0.2) is 36.7 Å². The molecule has 94 valence electrons. The number of hydrogen-bond donors (Lipinski definition) is 1. The number of fused-ring (bicyclic) bond motifs is 1. The molecule has 4 heteroatoms. The zero-order chi connectivity index (χ0) is 12.4. The minimum Gasteiger partial charge on any atom is -0.387 e. The van der Waals surface area contributed by atoms with E-state index in [0.29, 0.717) is 5.25 Å². The summed E-state index contributed by atoms with van der Waals surface area (Å²) < 4.78 is 0. The third kappa shape index (κ3) is 2.37. The Balaban J connectivity index is 1.97. The van der Waals surface area contributed by atoms with Crippen molar-refractivity contribution in [1.82, 2.24) is 4.98 Å². The van der Waals surface area contributed by atoms with Crippen molar-refractivity contribution in [3.8, 4) is 0 Å². The molecule has 3 rings (SSSR count). The molecule has 0 aliphatic carbocycles. The summed E-state index contributed by atoms with van der Waals surface area (Å²) >= 11 is 3.82. The second-order valence-electron chi connectivity index (χ2n) is 4.37. The summed E-state index contributed by atoms with van der Waals surface area (Å²) in [6.45, 7) is 0. The minimum absolute atomic E-state index is 0.301. The number of pyridine rings is 1. The number of aliphatic hydroxyl groups is 1. The van der Waals surface area contributed by atoms with E-state index in [1.54, 1.807) is 6.20 Å². The fourth-order valence-corrected chi connectivity index (χ4v) is 5.03. The Morgan fingerprint density at radius 2 is 2.22 bits per heavy atom. The molecule has 1 aliphatic heterocycles. The molecule has 18 heavy (non-hydrogen) atoms. The Bertz CT molecular complexity index is 535. The van der Waals surface area contributed by atoms with Gasteiger partial charge in [-0.1, -0.05) is 18.2 Å². The van der Waals surface area contributed by atoms with Gasteiger partial charge in [0.2, 0.25) is 0 Å². The number of aliphatic hydroxyl groups excluding tert-OH is 1. The van der Waals surface area contributed by atoms with Crippen LogP contribution in [0.4, 0.5) is 0 Å². The first-order valence-corrected chi connectivity index (χ1v) is 8.26. The summed E-state index contributed by atoms with van der Waals surface area (Å²) in [5.74, 6) is 3.36. The molecule has 1 aromatic heterocycles. The highest BCUT2D eigenvalue weighted by molar-refractivity contribution is 8.06. The monoisotopic (exact) mass is 277 g/mol. The summed E-state index contributed by atoms with van der Waals surface area (Å²) in [6, 6.07) is 8.10. The topological polar surface area (TPSA) is 33.1 Å². The zero-order valence-electron chi connectivity index (χ0n) is 9.95. The fourth-order valence-electron chi connectivity index (χ4n) is 2.28. The molecular weight excluding hydrogens is 262 g/mol. The fraction of sp³-hybridized carbons (Fsp3) is 0.357. The van der Waals surface area contributed by atoms with E-state index in [9.17, 15) is 5.11 Å². The SMILES string of the molecule is OC(c1cccc2ccncc12)C1CSCCS1. The Hall–Kier alpha value is -0.710. The molecular formula is C14H15NOS2. The van der Waals surface area contributed by atoms with E-state index < -0.39 is 6.10 Å². The smallest absolute Gasteiger partial charge is 0.0923 e. The van der Waals surface area contributed by atoms with Crippen LogP contribution in [0, 0.1) is 0 Å². The van der Waals surface area contributed by atoms with Gasteiger partial charge in [-0.25, -0.2) is 0 Å². The number of aromatic nitrogens is 1. The quantitative estimate of drug-likeness (QED) is 0.914. The van der Waals surface area contributed by atoms with Gasteiger partial charge in [0.1, 0.15) is 0 Å². The molecule has 0 amide bonds. The number of rotatable bonds is 2. The van der Waals surface area contributed by atoms with Crippen LogP contribution < -0.4 is 0 Å². The minimum atomic E-state index is -0.393. The van der Waals surface area contributed by atoms with E-state index in [1.807, 2.05) is 47.9 Å². The molecule has 1 aromatic carbocycles. The number of benzene rings is 1. The highest BCUT2D eigenvalue weighted by atomic mass is 32.2. The maximum absolute atomic E-state index is 10.6. The number of hydrogen-bond acceptors (Lipinski definition) is 4. The zero-order valence-corrected chi connectivity index (χ0v) is 11.6. The highest BCUT2D eigenvalue weighted by Gasteiger charge is 2.25. The maximum Gasteiger partial charge on any atom is 0.0923 e. The molecule has 1 fully saturated rings. The van der Waals surface area contributed by atoms with Crippen LogP contribution in [0.2, 0.25) is 0 Å². The van der Waals surface area contributed by atoms with Gasteiger partial charge in [0.15, 0.2) is 0 Å². The van der Waals surface area contributed by atoms with E-state index in [2.05, 4.69) is 11.1 Å². The van der Waals surface area contributed by atoms with Gasteiger partial charge in [0.25, 0.3) is 0 Å². The molecule has 2 heterocycles. The van der Waals surface area contributed by atoms with E-state index in [-0.39, 0.29) is 0 Å². The highest BCUT2D eigenvalue weighted by Crippen LogP contribution is 2.35. The lowest BCUT2D eigenvalue weighted by molar-refractivity contribution is 0.182. The molecule has 0 radical (unpaired) electrons. The van der Waals surface area contributed by atoms with Crippen molar-refractivity contribution in [2.24, 2.45) is 0 Å². The predicted octanol–water partition coefficient (Wildman–Crippen LogP) is 3.12. The average molecular weight is 277 g/mol. The second kappa shape index (κ2) is 5.51. The van der Waals surface area contributed by atoms with Crippen molar-refractivity contribution in [2.75, 3.05) is 17.3 Å². The molecule has 0 saturated carbocycles. The lowest BCUT2D eigenvalue weighted by atomic mass is 10.0. The first-order valence-electron chi connectivity index (χ1n) is 6.06. The van der Waals surface area contributed by atoms with Gasteiger partial charge < -0.3 is 5.11 Å². The van der Waals surface area contributed by atoms with Gasteiger partial charge in [0, 0.05) is 40.3 Å². The van der Waals surface area contributed by atoms with Crippen molar-refractivity contribution in [3.63, 3.8) is 0 Å². The van der Waals surface area contributed by atoms with Crippen LogP contribution in [0.25, 0.3) is 10.8 Å². The van der Waals surface area contributed by atoms with Gasteiger partial charge in [-0.3, -0.25) is 4.98 Å². The van der Waals surface area contributed by atoms with Crippen molar-refractivity contribution in [2.45, 2.75) is 11.4 Å². The predicted molar refractivity (Wildman–Crippen MR) is 80.3 cm³/mol. The van der Waals surface area contributed by atoms with Gasteiger partial charge in [-0.05, 0) is 17.0 Å². The lowest BCUT2D eigenvalue weighted by Gasteiger charge is -2.26. The van der Waals surface area contributed by atoms with Crippen LogP contribution >= 0.6 is 23.5 Å². The Kier molecular flexibility index (Phi) is 3.77. The van der Waals surface area contributed by atoms with Gasteiger partial charge in [-0.2, -0.15) is 23.5 Å². The van der Waals surface area contributed by atoms with Gasteiger partial charge in [-0.15, -0.1) is 0 Å².